The highest BCUT2D eigenvalue weighted by atomic mass is 32.1. The predicted molar refractivity (Wildman–Crippen MR) is 72.3 cm³/mol. The van der Waals surface area contributed by atoms with Crippen LogP contribution >= 0.6 is 11.3 Å². The van der Waals surface area contributed by atoms with Gasteiger partial charge in [0.25, 0.3) is 5.91 Å². The van der Waals surface area contributed by atoms with Crippen LogP contribution in [-0.2, 0) is 9.53 Å². The summed E-state index contributed by atoms with van der Waals surface area (Å²) in [6, 6.07) is 1.75. The van der Waals surface area contributed by atoms with Crippen LogP contribution < -0.4 is 0 Å². The van der Waals surface area contributed by atoms with Gasteiger partial charge in [0, 0.05) is 19.2 Å². The molecule has 1 aliphatic rings. The van der Waals surface area contributed by atoms with Gasteiger partial charge < -0.3 is 14.7 Å². The van der Waals surface area contributed by atoms with Crippen molar-refractivity contribution in [2.75, 3.05) is 19.7 Å². The second-order valence-corrected chi connectivity index (χ2v) is 5.23. The Hall–Kier alpha value is -1.66. The first-order valence-corrected chi connectivity index (χ1v) is 6.85. The third-order valence-electron chi connectivity index (χ3n) is 2.82. The van der Waals surface area contributed by atoms with Gasteiger partial charge in [0.1, 0.15) is 0 Å². The van der Waals surface area contributed by atoms with Crippen molar-refractivity contribution in [1.82, 2.24) is 4.90 Å². The van der Waals surface area contributed by atoms with Crippen LogP contribution in [0.1, 0.15) is 22.2 Å². The molecule has 1 amide bonds. The highest BCUT2D eigenvalue weighted by Gasteiger charge is 2.24. The van der Waals surface area contributed by atoms with Crippen molar-refractivity contribution in [3.63, 3.8) is 0 Å². The monoisotopic (exact) mass is 281 g/mol. The number of carboxylic acid groups (broad SMARTS) is 1. The Morgan fingerprint density at radius 1 is 1.58 bits per heavy atom. The number of nitrogens with zero attached hydrogens (tertiary/aromatic N) is 1. The Morgan fingerprint density at radius 2 is 2.37 bits per heavy atom. The second-order valence-electron chi connectivity index (χ2n) is 4.31. The largest absolute Gasteiger partial charge is 0.478 e. The van der Waals surface area contributed by atoms with Gasteiger partial charge in [0.15, 0.2) is 0 Å². The van der Waals surface area contributed by atoms with Crippen LogP contribution in [0.3, 0.4) is 0 Å². The first kappa shape index (κ1) is 13.8. The molecule has 0 bridgehead atoms. The van der Waals surface area contributed by atoms with Gasteiger partial charge in [0.2, 0.25) is 0 Å². The van der Waals surface area contributed by atoms with Gasteiger partial charge in [-0.2, -0.15) is 0 Å². The number of amides is 1. The number of rotatable bonds is 3. The summed E-state index contributed by atoms with van der Waals surface area (Å²) in [6.45, 7) is 3.61. The smallest absolute Gasteiger partial charge is 0.328 e. The molecule has 2 heterocycles. The number of thiophene rings is 1. The number of aliphatic carboxylic acids is 1. The molecule has 0 saturated carbocycles. The lowest BCUT2D eigenvalue weighted by Gasteiger charge is -2.31. The van der Waals surface area contributed by atoms with Crippen molar-refractivity contribution < 1.29 is 19.4 Å². The van der Waals surface area contributed by atoms with E-state index in [0.717, 1.165) is 6.08 Å². The maximum atomic E-state index is 12.4. The van der Waals surface area contributed by atoms with E-state index in [9.17, 15) is 9.59 Å². The highest BCUT2D eigenvalue weighted by Crippen LogP contribution is 2.21. The molecule has 1 aromatic rings. The van der Waals surface area contributed by atoms with Crippen LogP contribution in [0.5, 0.6) is 0 Å². The van der Waals surface area contributed by atoms with Crippen LogP contribution in [0.15, 0.2) is 17.5 Å². The number of carbonyl (C=O) groups is 2. The minimum absolute atomic E-state index is 0.0377. The quantitative estimate of drug-likeness (QED) is 0.856. The molecule has 0 aliphatic carbocycles. The Morgan fingerprint density at radius 3 is 3.05 bits per heavy atom. The van der Waals surface area contributed by atoms with E-state index in [1.807, 2.05) is 6.92 Å². The number of hydrogen-bond donors (Lipinski definition) is 1. The fourth-order valence-electron chi connectivity index (χ4n) is 1.93. The van der Waals surface area contributed by atoms with E-state index in [1.54, 1.807) is 16.3 Å². The van der Waals surface area contributed by atoms with Crippen LogP contribution in [0.25, 0.3) is 6.08 Å². The van der Waals surface area contributed by atoms with Gasteiger partial charge in [-0.25, -0.2) is 4.79 Å². The van der Waals surface area contributed by atoms with E-state index < -0.39 is 5.97 Å². The maximum Gasteiger partial charge on any atom is 0.328 e. The van der Waals surface area contributed by atoms with E-state index >= 15 is 0 Å². The summed E-state index contributed by atoms with van der Waals surface area (Å²) in [5.41, 5.74) is 0.650. The average Bonchev–Trinajstić information content (AvgIpc) is 2.83. The molecule has 1 aromatic heterocycles. The molecule has 0 radical (unpaired) electrons. The zero-order valence-corrected chi connectivity index (χ0v) is 11.4. The predicted octanol–water partition coefficient (Wildman–Crippen LogP) is 1.71. The lowest BCUT2D eigenvalue weighted by Crippen LogP contribution is -2.44. The standard InChI is InChI=1S/C13H15NO4S/c1-9-8-14(5-6-18-9)13(17)12-10(4-7-19-12)2-3-11(15)16/h2-4,7,9H,5-6,8H2,1H3,(H,15,16)/b3-2+. The third-order valence-corrected chi connectivity index (χ3v) is 3.74. The molecule has 1 N–H and O–H groups in total. The zero-order valence-electron chi connectivity index (χ0n) is 10.5. The minimum Gasteiger partial charge on any atom is -0.478 e. The Labute approximate surface area is 115 Å². The average molecular weight is 281 g/mol. The number of carbonyl (C=O) groups excluding carboxylic acids is 1. The molecule has 1 aliphatic heterocycles. The van der Waals surface area contributed by atoms with Gasteiger partial charge in [-0.05, 0) is 30.0 Å². The summed E-state index contributed by atoms with van der Waals surface area (Å²) < 4.78 is 5.40. The molecule has 1 unspecified atom stereocenters. The molecule has 19 heavy (non-hydrogen) atoms. The molecule has 1 fully saturated rings. The molecular formula is C13H15NO4S. The van der Waals surface area contributed by atoms with Crippen molar-refractivity contribution in [2.24, 2.45) is 0 Å². The van der Waals surface area contributed by atoms with Gasteiger partial charge in [0.05, 0.1) is 17.6 Å². The van der Waals surface area contributed by atoms with Crippen molar-refractivity contribution in [3.05, 3.63) is 28.0 Å². The number of morpholine rings is 1. The highest BCUT2D eigenvalue weighted by molar-refractivity contribution is 7.12. The van der Waals surface area contributed by atoms with E-state index in [2.05, 4.69) is 0 Å². The van der Waals surface area contributed by atoms with Crippen molar-refractivity contribution in [2.45, 2.75) is 13.0 Å². The Kier molecular flexibility index (Phi) is 4.34. The molecule has 1 saturated heterocycles. The van der Waals surface area contributed by atoms with E-state index in [0.29, 0.717) is 30.1 Å². The van der Waals surface area contributed by atoms with Gasteiger partial charge in [-0.15, -0.1) is 11.3 Å². The van der Waals surface area contributed by atoms with Crippen molar-refractivity contribution in [3.8, 4) is 0 Å². The maximum absolute atomic E-state index is 12.4. The Bertz CT molecular complexity index is 508. The summed E-state index contributed by atoms with van der Waals surface area (Å²) in [5, 5.41) is 10.4. The van der Waals surface area contributed by atoms with Crippen LogP contribution in [-0.4, -0.2) is 47.7 Å². The summed E-state index contributed by atoms with van der Waals surface area (Å²) >= 11 is 1.33. The summed E-state index contributed by atoms with van der Waals surface area (Å²) in [4.78, 5) is 25.2. The summed E-state index contributed by atoms with van der Waals surface area (Å²) in [6.07, 6.45) is 2.53. The SMILES string of the molecule is CC1CN(C(=O)c2sccc2/C=C/C(=O)O)CCO1. The van der Waals surface area contributed by atoms with Crippen LogP contribution in [0.2, 0.25) is 0 Å². The van der Waals surface area contributed by atoms with Crippen molar-refractivity contribution in [1.29, 1.82) is 0 Å². The molecule has 102 valence electrons. The van der Waals surface area contributed by atoms with E-state index in [4.69, 9.17) is 9.84 Å². The second kappa shape index (κ2) is 5.99. The fraction of sp³-hybridized carbons (Fsp3) is 0.385. The molecule has 2 rings (SSSR count). The van der Waals surface area contributed by atoms with E-state index in [1.165, 1.54) is 17.4 Å². The summed E-state index contributed by atoms with van der Waals surface area (Å²) in [5.74, 6) is -1.08. The number of ether oxygens (including phenoxy) is 1. The van der Waals surface area contributed by atoms with Gasteiger partial charge in [-0.3, -0.25) is 4.79 Å². The molecule has 5 nitrogen and oxygen atoms in total. The van der Waals surface area contributed by atoms with Gasteiger partial charge in [-0.1, -0.05) is 0 Å². The molecule has 0 aromatic carbocycles. The molecule has 1 atom stereocenters. The third kappa shape index (κ3) is 3.42. The van der Waals surface area contributed by atoms with Crippen LogP contribution in [0, 0.1) is 0 Å². The normalized spacial score (nSPS) is 19.8. The lowest BCUT2D eigenvalue weighted by atomic mass is 10.2. The molecule has 6 heteroatoms. The zero-order chi connectivity index (χ0) is 13.8. The topological polar surface area (TPSA) is 66.8 Å². The molecule has 0 spiro atoms. The van der Waals surface area contributed by atoms with Crippen LogP contribution in [0.4, 0.5) is 0 Å². The fourth-order valence-corrected chi connectivity index (χ4v) is 2.78. The first-order valence-electron chi connectivity index (χ1n) is 5.97. The Balaban J connectivity index is 2.15. The van der Waals surface area contributed by atoms with Gasteiger partial charge >= 0.3 is 5.97 Å². The molecular weight excluding hydrogens is 266 g/mol. The van der Waals surface area contributed by atoms with E-state index in [-0.39, 0.29) is 12.0 Å². The van der Waals surface area contributed by atoms with Crippen molar-refractivity contribution >= 4 is 29.3 Å². The summed E-state index contributed by atoms with van der Waals surface area (Å²) in [7, 11) is 0. The minimum atomic E-state index is -1.02. The number of carboxylic acids is 1. The lowest BCUT2D eigenvalue weighted by molar-refractivity contribution is -0.131. The first-order chi connectivity index (χ1) is 9.08. The number of hydrogen-bond acceptors (Lipinski definition) is 4.